The van der Waals surface area contributed by atoms with E-state index in [0.717, 1.165) is 16.3 Å². The monoisotopic (exact) mass is 347 g/mol. The largest absolute Gasteiger partial charge is 0.374 e. The first-order valence-corrected chi connectivity index (χ1v) is 7.30. The fraction of sp³-hybridized carbons (Fsp3) is 0.538. The van der Waals surface area contributed by atoms with Gasteiger partial charge in [0.15, 0.2) is 0 Å². The van der Waals surface area contributed by atoms with Gasteiger partial charge in [-0.2, -0.15) is 0 Å². The zero-order valence-corrected chi connectivity index (χ0v) is 13.5. The van der Waals surface area contributed by atoms with E-state index in [-0.39, 0.29) is 0 Å². The molecule has 0 N–H and O–H groups in total. The molecule has 1 aromatic carbocycles. The van der Waals surface area contributed by atoms with E-state index in [1.807, 2.05) is 0 Å². The summed E-state index contributed by atoms with van der Waals surface area (Å²) in [6, 6.07) is 6.44. The zero-order chi connectivity index (χ0) is 12.3. The first kappa shape index (κ1) is 14.0. The number of rotatable bonds is 3. The molecule has 0 aliphatic rings. The first-order valence-electron chi connectivity index (χ1n) is 5.39. The molecule has 1 rings (SSSR count). The van der Waals surface area contributed by atoms with E-state index in [0.29, 0.717) is 5.41 Å². The van der Waals surface area contributed by atoms with Crippen molar-refractivity contribution in [3.05, 3.63) is 28.2 Å². The van der Waals surface area contributed by atoms with Gasteiger partial charge in [-0.15, -0.1) is 0 Å². The predicted molar refractivity (Wildman–Crippen MR) is 79.5 cm³/mol. The number of nitrogens with zero attached hydrogens (tertiary/aromatic N) is 1. The lowest BCUT2D eigenvalue weighted by Crippen LogP contribution is -2.29. The molecule has 0 heterocycles. The highest BCUT2D eigenvalue weighted by Gasteiger charge is 2.15. The topological polar surface area (TPSA) is 3.24 Å². The molecule has 90 valence electrons. The first-order chi connectivity index (χ1) is 7.33. The molecule has 3 heteroatoms. The van der Waals surface area contributed by atoms with E-state index in [4.69, 9.17) is 0 Å². The van der Waals surface area contributed by atoms with Gasteiger partial charge in [-0.05, 0) is 29.2 Å². The van der Waals surface area contributed by atoms with Crippen molar-refractivity contribution in [2.45, 2.75) is 26.1 Å². The van der Waals surface area contributed by atoms with Gasteiger partial charge < -0.3 is 4.90 Å². The van der Waals surface area contributed by atoms with Gasteiger partial charge in [0.2, 0.25) is 0 Å². The van der Waals surface area contributed by atoms with E-state index in [9.17, 15) is 0 Å². The summed E-state index contributed by atoms with van der Waals surface area (Å²) in [5, 5.41) is 0.885. The highest BCUT2D eigenvalue weighted by molar-refractivity contribution is 9.10. The van der Waals surface area contributed by atoms with Crippen LogP contribution in [0.2, 0.25) is 0 Å². The Morgan fingerprint density at radius 1 is 1.25 bits per heavy atom. The Balaban J connectivity index is 2.94. The summed E-state index contributed by atoms with van der Waals surface area (Å²) in [7, 11) is 2.15. The molecule has 1 nitrogen and oxygen atoms in total. The molecule has 0 atom stereocenters. The van der Waals surface area contributed by atoms with E-state index < -0.39 is 0 Å². The van der Waals surface area contributed by atoms with Crippen molar-refractivity contribution < 1.29 is 0 Å². The fourth-order valence-corrected chi connectivity index (χ4v) is 2.69. The van der Waals surface area contributed by atoms with Gasteiger partial charge in [-0.1, -0.05) is 52.6 Å². The van der Waals surface area contributed by atoms with Crippen molar-refractivity contribution in [2.24, 2.45) is 5.41 Å². The normalized spacial score (nSPS) is 11.6. The van der Waals surface area contributed by atoms with Crippen LogP contribution >= 0.6 is 31.9 Å². The summed E-state index contributed by atoms with van der Waals surface area (Å²) >= 11 is 7.05. The number of halogens is 2. The maximum Gasteiger partial charge on any atom is 0.0405 e. The summed E-state index contributed by atoms with van der Waals surface area (Å²) in [5.74, 6) is 0. The van der Waals surface area contributed by atoms with Crippen molar-refractivity contribution in [1.29, 1.82) is 0 Å². The molecular formula is C13H19Br2N. The second kappa shape index (κ2) is 5.54. The van der Waals surface area contributed by atoms with Gasteiger partial charge in [-0.25, -0.2) is 0 Å². The Bertz CT molecular complexity index is 355. The standard InChI is InChI=1S/C13H19Br2N/c1-13(2,3)9-16(4)12-6-5-11(15)7-10(12)8-14/h5-7H,8-9H2,1-4H3. The Labute approximate surface area is 115 Å². The SMILES string of the molecule is CN(CC(C)(C)C)c1ccc(Br)cc1CBr. The van der Waals surface area contributed by atoms with E-state index >= 15 is 0 Å². The third kappa shape index (κ3) is 4.10. The average molecular weight is 349 g/mol. The van der Waals surface area contributed by atoms with Crippen LogP contribution in [0.5, 0.6) is 0 Å². The smallest absolute Gasteiger partial charge is 0.0405 e. The summed E-state index contributed by atoms with van der Waals surface area (Å²) in [4.78, 5) is 2.32. The van der Waals surface area contributed by atoms with Crippen LogP contribution < -0.4 is 4.90 Å². The van der Waals surface area contributed by atoms with Crippen molar-refractivity contribution >= 4 is 37.5 Å². The fourth-order valence-electron chi connectivity index (χ4n) is 1.83. The van der Waals surface area contributed by atoms with E-state index in [2.05, 4.69) is 82.8 Å². The van der Waals surface area contributed by atoms with Crippen molar-refractivity contribution in [3.8, 4) is 0 Å². The molecule has 0 aromatic heterocycles. The van der Waals surface area contributed by atoms with Crippen molar-refractivity contribution in [3.63, 3.8) is 0 Å². The molecule has 0 radical (unpaired) electrons. The van der Waals surface area contributed by atoms with Crippen LogP contribution in [0.3, 0.4) is 0 Å². The number of anilines is 1. The summed E-state index contributed by atoms with van der Waals surface area (Å²) in [5.41, 5.74) is 2.93. The molecular weight excluding hydrogens is 330 g/mol. The van der Waals surface area contributed by atoms with Gasteiger partial charge in [-0.3, -0.25) is 0 Å². The van der Waals surface area contributed by atoms with Crippen LogP contribution in [0.4, 0.5) is 5.69 Å². The number of hydrogen-bond acceptors (Lipinski definition) is 1. The molecule has 1 aromatic rings. The van der Waals surface area contributed by atoms with Crippen LogP contribution in [-0.4, -0.2) is 13.6 Å². The lowest BCUT2D eigenvalue weighted by atomic mass is 9.96. The van der Waals surface area contributed by atoms with Gasteiger partial charge in [0, 0.05) is 29.1 Å². The van der Waals surface area contributed by atoms with Crippen LogP contribution in [0, 0.1) is 5.41 Å². The zero-order valence-electron chi connectivity index (χ0n) is 10.3. The molecule has 0 saturated heterocycles. The lowest BCUT2D eigenvalue weighted by molar-refractivity contribution is 0.419. The van der Waals surface area contributed by atoms with E-state index in [1.54, 1.807) is 0 Å². The molecule has 0 spiro atoms. The molecule has 0 fully saturated rings. The third-order valence-corrected chi connectivity index (χ3v) is 3.41. The van der Waals surface area contributed by atoms with Crippen LogP contribution in [0.1, 0.15) is 26.3 Å². The summed E-state index contributed by atoms with van der Waals surface area (Å²) in [6.45, 7) is 7.83. The van der Waals surface area contributed by atoms with Crippen LogP contribution in [0.15, 0.2) is 22.7 Å². The Hall–Kier alpha value is -0.0200. The van der Waals surface area contributed by atoms with Crippen molar-refractivity contribution in [1.82, 2.24) is 0 Å². The lowest BCUT2D eigenvalue weighted by Gasteiger charge is -2.29. The van der Waals surface area contributed by atoms with Crippen LogP contribution in [0.25, 0.3) is 0 Å². The maximum absolute atomic E-state index is 3.54. The quantitative estimate of drug-likeness (QED) is 0.707. The molecule has 0 bridgehead atoms. The molecule has 0 saturated carbocycles. The molecule has 0 aliphatic heterocycles. The maximum atomic E-state index is 3.54. The summed E-state index contributed by atoms with van der Waals surface area (Å²) in [6.07, 6.45) is 0. The second-order valence-electron chi connectivity index (χ2n) is 5.32. The second-order valence-corrected chi connectivity index (χ2v) is 6.80. The molecule has 0 amide bonds. The number of benzene rings is 1. The Morgan fingerprint density at radius 2 is 1.88 bits per heavy atom. The van der Waals surface area contributed by atoms with Crippen molar-refractivity contribution in [2.75, 3.05) is 18.5 Å². The average Bonchev–Trinajstić information content (AvgIpc) is 2.14. The van der Waals surface area contributed by atoms with Gasteiger partial charge in [0.05, 0.1) is 0 Å². The van der Waals surface area contributed by atoms with Gasteiger partial charge >= 0.3 is 0 Å². The number of alkyl halides is 1. The summed E-state index contributed by atoms with van der Waals surface area (Å²) < 4.78 is 1.13. The van der Waals surface area contributed by atoms with Gasteiger partial charge in [0.25, 0.3) is 0 Å². The predicted octanol–water partition coefficient (Wildman–Crippen LogP) is 4.83. The molecule has 16 heavy (non-hydrogen) atoms. The molecule has 0 unspecified atom stereocenters. The van der Waals surface area contributed by atoms with E-state index in [1.165, 1.54) is 11.3 Å². The minimum absolute atomic E-state index is 0.311. The highest BCUT2D eigenvalue weighted by Crippen LogP contribution is 2.28. The Morgan fingerprint density at radius 3 is 2.38 bits per heavy atom. The minimum atomic E-state index is 0.311. The third-order valence-electron chi connectivity index (χ3n) is 2.31. The van der Waals surface area contributed by atoms with Crippen LogP contribution in [-0.2, 0) is 5.33 Å². The Kier molecular flexibility index (Phi) is 4.87. The van der Waals surface area contributed by atoms with Gasteiger partial charge in [0.1, 0.15) is 0 Å². The highest BCUT2D eigenvalue weighted by atomic mass is 79.9. The number of hydrogen-bond donors (Lipinski definition) is 0. The minimum Gasteiger partial charge on any atom is -0.374 e. The molecule has 0 aliphatic carbocycles.